The van der Waals surface area contributed by atoms with E-state index in [1.165, 1.54) is 12.1 Å². The van der Waals surface area contributed by atoms with Crippen molar-refractivity contribution in [1.29, 1.82) is 0 Å². The van der Waals surface area contributed by atoms with Crippen molar-refractivity contribution in [3.05, 3.63) is 66.0 Å². The number of rotatable bonds is 6. The molecule has 0 radical (unpaired) electrons. The van der Waals surface area contributed by atoms with Crippen LogP contribution in [0.3, 0.4) is 0 Å². The minimum absolute atomic E-state index is 0.00921. The molecule has 2 rings (SSSR count). The quantitative estimate of drug-likeness (QED) is 0.849. The van der Waals surface area contributed by atoms with E-state index in [0.29, 0.717) is 5.56 Å². The Bertz CT molecular complexity index is 762. The summed E-state index contributed by atoms with van der Waals surface area (Å²) in [7, 11) is -4.12. The molecule has 2 aromatic rings. The summed E-state index contributed by atoms with van der Waals surface area (Å²) in [4.78, 5) is 11.0. The summed E-state index contributed by atoms with van der Waals surface area (Å²) in [6.45, 7) is 0. The zero-order valence-corrected chi connectivity index (χ0v) is 12.3. The summed E-state index contributed by atoms with van der Waals surface area (Å²) >= 11 is 0. The summed E-state index contributed by atoms with van der Waals surface area (Å²) in [6.07, 6.45) is -0.00921. The first kappa shape index (κ1) is 16.1. The normalized spacial score (nSPS) is 12.8. The van der Waals surface area contributed by atoms with E-state index >= 15 is 0 Å². The van der Waals surface area contributed by atoms with Gasteiger partial charge in [-0.2, -0.15) is 4.72 Å². The number of hydrogen-bond donors (Lipinski definition) is 2. The van der Waals surface area contributed by atoms with Crippen LogP contribution in [0.2, 0.25) is 0 Å². The van der Waals surface area contributed by atoms with Crippen LogP contribution in [0.25, 0.3) is 0 Å². The van der Waals surface area contributed by atoms with Crippen molar-refractivity contribution in [2.24, 2.45) is 0 Å². The van der Waals surface area contributed by atoms with E-state index in [2.05, 4.69) is 4.72 Å². The van der Waals surface area contributed by atoms with E-state index in [1.807, 2.05) is 0 Å². The van der Waals surface area contributed by atoms with Gasteiger partial charge in [0.25, 0.3) is 0 Å². The Morgan fingerprint density at radius 1 is 1.14 bits per heavy atom. The fraction of sp³-hybridized carbons (Fsp3) is 0.133. The van der Waals surface area contributed by atoms with Gasteiger partial charge in [0.05, 0.1) is 4.90 Å². The average Bonchev–Trinajstić information content (AvgIpc) is 2.47. The molecule has 0 amide bonds. The molecule has 7 heteroatoms. The lowest BCUT2D eigenvalue weighted by Gasteiger charge is -2.15. The Kier molecular flexibility index (Phi) is 4.89. The fourth-order valence-corrected chi connectivity index (χ4v) is 3.14. The number of carboxylic acids is 1. The highest BCUT2D eigenvalue weighted by Crippen LogP contribution is 2.12. The van der Waals surface area contributed by atoms with Crippen LogP contribution in [0.15, 0.2) is 59.5 Å². The topological polar surface area (TPSA) is 83.5 Å². The van der Waals surface area contributed by atoms with Gasteiger partial charge in [0.15, 0.2) is 0 Å². The molecule has 2 N–H and O–H groups in total. The predicted octanol–water partition coefficient (Wildman–Crippen LogP) is 1.80. The van der Waals surface area contributed by atoms with Gasteiger partial charge in [-0.15, -0.1) is 0 Å². The summed E-state index contributed by atoms with van der Waals surface area (Å²) < 4.78 is 39.5. The Morgan fingerprint density at radius 2 is 1.82 bits per heavy atom. The Morgan fingerprint density at radius 3 is 2.41 bits per heavy atom. The van der Waals surface area contributed by atoms with E-state index in [0.717, 1.165) is 12.1 Å². The highest BCUT2D eigenvalue weighted by Gasteiger charge is 2.25. The monoisotopic (exact) mass is 323 g/mol. The number of benzene rings is 2. The van der Waals surface area contributed by atoms with Crippen molar-refractivity contribution in [2.75, 3.05) is 0 Å². The van der Waals surface area contributed by atoms with Crippen LogP contribution in [0.1, 0.15) is 5.56 Å². The molecule has 0 fully saturated rings. The van der Waals surface area contributed by atoms with Crippen molar-refractivity contribution in [3.63, 3.8) is 0 Å². The van der Waals surface area contributed by atoms with Gasteiger partial charge in [-0.05, 0) is 30.2 Å². The molecule has 22 heavy (non-hydrogen) atoms. The van der Waals surface area contributed by atoms with Crippen LogP contribution in [0, 0.1) is 5.82 Å². The number of carboxylic acid groups (broad SMARTS) is 1. The Hall–Kier alpha value is -2.25. The number of hydrogen-bond acceptors (Lipinski definition) is 3. The van der Waals surface area contributed by atoms with E-state index in [-0.39, 0.29) is 11.3 Å². The second kappa shape index (κ2) is 6.67. The smallest absolute Gasteiger partial charge is 0.322 e. The molecule has 0 aromatic heterocycles. The molecule has 116 valence electrons. The van der Waals surface area contributed by atoms with Gasteiger partial charge in [-0.25, -0.2) is 12.8 Å². The summed E-state index contributed by atoms with van der Waals surface area (Å²) in [6, 6.07) is 11.7. The van der Waals surface area contributed by atoms with Gasteiger partial charge in [0, 0.05) is 0 Å². The number of carbonyl (C=O) groups is 1. The maximum atomic E-state index is 13.1. The first-order valence-corrected chi connectivity index (χ1v) is 7.91. The molecule has 2 aromatic carbocycles. The zero-order valence-electron chi connectivity index (χ0n) is 11.4. The number of sulfonamides is 1. The highest BCUT2D eigenvalue weighted by atomic mass is 32.2. The lowest BCUT2D eigenvalue weighted by atomic mass is 10.1. The first-order chi connectivity index (χ1) is 10.4. The van der Waals surface area contributed by atoms with Crippen molar-refractivity contribution >= 4 is 16.0 Å². The van der Waals surface area contributed by atoms with E-state index in [1.54, 1.807) is 30.3 Å². The highest BCUT2D eigenvalue weighted by molar-refractivity contribution is 7.89. The maximum absolute atomic E-state index is 13.1. The summed E-state index contributed by atoms with van der Waals surface area (Å²) in [5, 5.41) is 9.20. The molecular formula is C15H14FNO4S. The van der Waals surface area contributed by atoms with Crippen molar-refractivity contribution < 1.29 is 22.7 Å². The molecule has 0 unspecified atom stereocenters. The molecule has 0 spiro atoms. The minimum Gasteiger partial charge on any atom is -0.480 e. The predicted molar refractivity (Wildman–Crippen MR) is 78.3 cm³/mol. The molecule has 0 saturated heterocycles. The van der Waals surface area contributed by atoms with Crippen molar-refractivity contribution in [1.82, 2.24) is 4.72 Å². The number of aliphatic carboxylic acids is 1. The molecule has 5 nitrogen and oxygen atoms in total. The Balaban J connectivity index is 2.22. The van der Waals surface area contributed by atoms with Gasteiger partial charge in [-0.1, -0.05) is 36.4 Å². The van der Waals surface area contributed by atoms with E-state index in [9.17, 15) is 22.7 Å². The third-order valence-corrected chi connectivity index (χ3v) is 4.45. The SMILES string of the molecule is O=C(O)[C@@H](Cc1ccccc1)NS(=O)(=O)c1cccc(F)c1. The van der Waals surface area contributed by atoms with Crippen LogP contribution in [-0.2, 0) is 21.2 Å². The second-order valence-electron chi connectivity index (χ2n) is 4.66. The molecule has 0 aliphatic heterocycles. The van der Waals surface area contributed by atoms with E-state index in [4.69, 9.17) is 0 Å². The molecule has 0 bridgehead atoms. The molecule has 0 saturated carbocycles. The fourth-order valence-electron chi connectivity index (χ4n) is 1.92. The Labute approximate surface area is 127 Å². The summed E-state index contributed by atoms with van der Waals surface area (Å²) in [5.41, 5.74) is 0.678. The van der Waals surface area contributed by atoms with Gasteiger partial charge < -0.3 is 5.11 Å². The van der Waals surface area contributed by atoms with Crippen LogP contribution >= 0.6 is 0 Å². The lowest BCUT2D eigenvalue weighted by Crippen LogP contribution is -2.42. The maximum Gasteiger partial charge on any atom is 0.322 e. The van der Waals surface area contributed by atoms with Crippen molar-refractivity contribution in [2.45, 2.75) is 17.4 Å². The second-order valence-corrected chi connectivity index (χ2v) is 6.37. The van der Waals surface area contributed by atoms with Gasteiger partial charge in [0.2, 0.25) is 10.0 Å². The first-order valence-electron chi connectivity index (χ1n) is 6.43. The summed E-state index contributed by atoms with van der Waals surface area (Å²) in [5.74, 6) is -2.01. The molecule has 0 aliphatic rings. The van der Waals surface area contributed by atoms with Gasteiger partial charge in [0.1, 0.15) is 11.9 Å². The molecular weight excluding hydrogens is 309 g/mol. The number of nitrogens with one attached hydrogen (secondary N) is 1. The van der Waals surface area contributed by atoms with Gasteiger partial charge in [-0.3, -0.25) is 4.79 Å². The van der Waals surface area contributed by atoms with Crippen LogP contribution in [-0.4, -0.2) is 25.5 Å². The van der Waals surface area contributed by atoms with Crippen molar-refractivity contribution in [3.8, 4) is 0 Å². The van der Waals surface area contributed by atoms with Crippen LogP contribution in [0.5, 0.6) is 0 Å². The number of halogens is 1. The van der Waals surface area contributed by atoms with Gasteiger partial charge >= 0.3 is 5.97 Å². The average molecular weight is 323 g/mol. The molecule has 0 aliphatic carbocycles. The minimum atomic E-state index is -4.12. The van der Waals surface area contributed by atoms with E-state index < -0.39 is 27.9 Å². The largest absolute Gasteiger partial charge is 0.480 e. The third-order valence-electron chi connectivity index (χ3n) is 2.98. The van der Waals surface area contributed by atoms with Crippen LogP contribution in [0.4, 0.5) is 4.39 Å². The third kappa shape index (κ3) is 4.12. The van der Waals surface area contributed by atoms with Crippen LogP contribution < -0.4 is 4.72 Å². The molecule has 1 atom stereocenters. The lowest BCUT2D eigenvalue weighted by molar-refractivity contribution is -0.138. The standard InChI is InChI=1S/C15H14FNO4S/c16-12-7-4-8-13(10-12)22(20,21)17-14(15(18)19)9-11-5-2-1-3-6-11/h1-8,10,14,17H,9H2,(H,18,19)/t14-/m1/s1. The molecule has 0 heterocycles. The zero-order chi connectivity index (χ0) is 16.2.